The summed E-state index contributed by atoms with van der Waals surface area (Å²) in [4.78, 5) is 22.6. The number of ether oxygens (including phenoxy) is 1. The monoisotopic (exact) mass is 325 g/mol. The van der Waals surface area contributed by atoms with E-state index < -0.39 is 12.1 Å². The zero-order chi connectivity index (χ0) is 17.7. The minimum Gasteiger partial charge on any atom is -0.550 e. The van der Waals surface area contributed by atoms with Crippen LogP contribution < -0.4 is 5.11 Å². The van der Waals surface area contributed by atoms with Crippen LogP contribution in [0.15, 0.2) is 24.3 Å². The minimum atomic E-state index is -1.19. The summed E-state index contributed by atoms with van der Waals surface area (Å²) in [6, 6.07) is 0. The molecule has 0 aliphatic rings. The molecule has 0 aromatic heterocycles. The number of unbranched alkanes of at least 4 members (excludes halogenated alkanes) is 3. The first kappa shape index (κ1) is 21.4. The molecule has 5 nitrogen and oxygen atoms in total. The van der Waals surface area contributed by atoms with Gasteiger partial charge in [0.1, 0.15) is 6.54 Å². The zero-order valence-corrected chi connectivity index (χ0v) is 14.9. The standard InChI is InChI=1S/C18H31NO4/c1-5-6-7-8-9-10-11-12-13-18(22)23-16(14-17(20)21)15-19(2,3)4/h5-8,16H,9-15H2,1-4H3/b6-5+,8-7+. The molecule has 0 bridgehead atoms. The second kappa shape index (κ2) is 11.9. The van der Waals surface area contributed by atoms with Gasteiger partial charge in [0.15, 0.2) is 6.10 Å². The molecule has 0 amide bonds. The lowest BCUT2D eigenvalue weighted by molar-refractivity contribution is -0.873. The minimum absolute atomic E-state index is 0.253. The molecule has 132 valence electrons. The van der Waals surface area contributed by atoms with E-state index in [2.05, 4.69) is 6.08 Å². The predicted molar refractivity (Wildman–Crippen MR) is 89.4 cm³/mol. The second-order valence-corrected chi connectivity index (χ2v) is 6.71. The van der Waals surface area contributed by atoms with Crippen LogP contribution in [0, 0.1) is 0 Å². The number of aliphatic carboxylic acids is 1. The number of carboxylic acid groups (broad SMARTS) is 1. The van der Waals surface area contributed by atoms with Gasteiger partial charge in [-0.25, -0.2) is 0 Å². The topological polar surface area (TPSA) is 66.4 Å². The van der Waals surface area contributed by atoms with Crippen molar-refractivity contribution in [1.82, 2.24) is 0 Å². The molecule has 0 fully saturated rings. The van der Waals surface area contributed by atoms with Crippen LogP contribution in [0.2, 0.25) is 0 Å². The third-order valence-electron chi connectivity index (χ3n) is 3.14. The van der Waals surface area contributed by atoms with E-state index in [-0.39, 0.29) is 12.4 Å². The Kier molecular flexibility index (Phi) is 11.0. The first-order valence-electron chi connectivity index (χ1n) is 8.22. The van der Waals surface area contributed by atoms with Crippen molar-refractivity contribution in [3.63, 3.8) is 0 Å². The van der Waals surface area contributed by atoms with Crippen LogP contribution in [-0.4, -0.2) is 50.2 Å². The number of quaternary nitrogens is 1. The average Bonchev–Trinajstić information content (AvgIpc) is 2.39. The Labute approximate surface area is 140 Å². The first-order chi connectivity index (χ1) is 10.7. The molecule has 0 aromatic carbocycles. The van der Waals surface area contributed by atoms with Gasteiger partial charge < -0.3 is 19.1 Å². The highest BCUT2D eigenvalue weighted by Crippen LogP contribution is 2.09. The van der Waals surface area contributed by atoms with Crippen molar-refractivity contribution in [3.05, 3.63) is 24.3 Å². The Balaban J connectivity index is 4.01. The van der Waals surface area contributed by atoms with Gasteiger partial charge in [-0.05, 0) is 26.2 Å². The summed E-state index contributed by atoms with van der Waals surface area (Å²) in [5.41, 5.74) is 0. The molecule has 0 radical (unpaired) electrons. The molecule has 0 saturated heterocycles. The van der Waals surface area contributed by atoms with Crippen LogP contribution >= 0.6 is 0 Å². The summed E-state index contributed by atoms with van der Waals surface area (Å²) in [5, 5.41) is 10.8. The lowest BCUT2D eigenvalue weighted by Crippen LogP contribution is -2.45. The number of hydrogen-bond acceptors (Lipinski definition) is 4. The second-order valence-electron chi connectivity index (χ2n) is 6.71. The maximum absolute atomic E-state index is 11.8. The zero-order valence-electron chi connectivity index (χ0n) is 14.9. The molecular weight excluding hydrogens is 294 g/mol. The van der Waals surface area contributed by atoms with E-state index in [1.54, 1.807) is 0 Å². The highest BCUT2D eigenvalue weighted by Gasteiger charge is 2.22. The number of carboxylic acids is 1. The smallest absolute Gasteiger partial charge is 0.306 e. The third kappa shape index (κ3) is 15.1. The summed E-state index contributed by atoms with van der Waals surface area (Å²) < 4.78 is 5.83. The summed E-state index contributed by atoms with van der Waals surface area (Å²) in [7, 11) is 5.78. The van der Waals surface area contributed by atoms with E-state index in [9.17, 15) is 14.7 Å². The van der Waals surface area contributed by atoms with Crippen LogP contribution in [0.5, 0.6) is 0 Å². The molecule has 0 heterocycles. The number of likely N-dealkylation sites (N-methyl/N-ethyl adjacent to an activating group) is 1. The van der Waals surface area contributed by atoms with E-state index in [1.807, 2.05) is 46.3 Å². The van der Waals surface area contributed by atoms with Gasteiger partial charge in [-0.15, -0.1) is 0 Å². The van der Waals surface area contributed by atoms with Crippen molar-refractivity contribution in [2.24, 2.45) is 0 Å². The van der Waals surface area contributed by atoms with E-state index in [4.69, 9.17) is 4.74 Å². The lowest BCUT2D eigenvalue weighted by Gasteiger charge is -2.29. The average molecular weight is 325 g/mol. The number of carbonyl (C=O) groups excluding carboxylic acids is 2. The number of carbonyl (C=O) groups is 2. The number of nitrogens with zero attached hydrogens (tertiary/aromatic N) is 1. The van der Waals surface area contributed by atoms with Crippen LogP contribution in [0.1, 0.15) is 45.4 Å². The number of allylic oxidation sites excluding steroid dienone is 4. The van der Waals surface area contributed by atoms with Gasteiger partial charge in [-0.3, -0.25) is 4.79 Å². The van der Waals surface area contributed by atoms with E-state index in [1.165, 1.54) is 0 Å². The molecule has 0 N–H and O–H groups in total. The van der Waals surface area contributed by atoms with Crippen molar-refractivity contribution in [3.8, 4) is 0 Å². The van der Waals surface area contributed by atoms with Gasteiger partial charge in [0.2, 0.25) is 0 Å². The maximum Gasteiger partial charge on any atom is 0.306 e. The normalized spacial score (nSPS) is 13.6. The Hall–Kier alpha value is -1.62. The van der Waals surface area contributed by atoms with Crippen LogP contribution in [0.4, 0.5) is 0 Å². The highest BCUT2D eigenvalue weighted by molar-refractivity contribution is 5.70. The van der Waals surface area contributed by atoms with Crippen LogP contribution in [0.25, 0.3) is 0 Å². The maximum atomic E-state index is 11.8. The van der Waals surface area contributed by atoms with Gasteiger partial charge >= 0.3 is 5.97 Å². The molecule has 1 unspecified atom stereocenters. The molecular formula is C18H31NO4. The fraction of sp³-hybridized carbons (Fsp3) is 0.667. The van der Waals surface area contributed by atoms with Crippen molar-refractivity contribution in [1.29, 1.82) is 0 Å². The van der Waals surface area contributed by atoms with Crippen LogP contribution in [0.3, 0.4) is 0 Å². The van der Waals surface area contributed by atoms with E-state index in [0.717, 1.165) is 25.7 Å². The third-order valence-corrected chi connectivity index (χ3v) is 3.14. The first-order valence-corrected chi connectivity index (χ1v) is 8.22. The Bertz CT molecular complexity index is 408. The van der Waals surface area contributed by atoms with Gasteiger partial charge in [0.25, 0.3) is 0 Å². The molecule has 0 spiro atoms. The highest BCUT2D eigenvalue weighted by atomic mass is 16.5. The SMILES string of the molecule is C/C=C/C=C/CCCCCC(=O)OC(CC(=O)[O-])C[N+](C)(C)C. The molecule has 0 aromatic rings. The van der Waals surface area contributed by atoms with E-state index in [0.29, 0.717) is 17.4 Å². The molecule has 0 saturated carbocycles. The summed E-state index contributed by atoms with van der Waals surface area (Å²) >= 11 is 0. The molecule has 5 heteroatoms. The van der Waals surface area contributed by atoms with Gasteiger partial charge in [-0.2, -0.15) is 0 Å². The number of hydrogen-bond donors (Lipinski definition) is 0. The van der Waals surface area contributed by atoms with Crippen molar-refractivity contribution in [2.75, 3.05) is 27.7 Å². The van der Waals surface area contributed by atoms with Crippen molar-refractivity contribution >= 4 is 11.9 Å². The predicted octanol–water partition coefficient (Wildman–Crippen LogP) is 1.83. The van der Waals surface area contributed by atoms with Gasteiger partial charge in [0, 0.05) is 18.8 Å². The Morgan fingerprint density at radius 2 is 1.83 bits per heavy atom. The van der Waals surface area contributed by atoms with Crippen molar-refractivity contribution in [2.45, 2.75) is 51.6 Å². The Morgan fingerprint density at radius 3 is 2.39 bits per heavy atom. The molecule has 0 aliphatic carbocycles. The molecule has 0 rings (SSSR count). The summed E-state index contributed by atoms with van der Waals surface area (Å²) in [5.74, 6) is -1.52. The fourth-order valence-electron chi connectivity index (χ4n) is 2.18. The lowest BCUT2D eigenvalue weighted by atomic mass is 10.1. The van der Waals surface area contributed by atoms with E-state index >= 15 is 0 Å². The molecule has 0 aliphatic heterocycles. The van der Waals surface area contributed by atoms with Gasteiger partial charge in [0.05, 0.1) is 21.1 Å². The molecule has 1 atom stereocenters. The number of esters is 1. The Morgan fingerprint density at radius 1 is 1.13 bits per heavy atom. The summed E-state index contributed by atoms with van der Waals surface area (Å²) in [6.45, 7) is 2.43. The summed E-state index contributed by atoms with van der Waals surface area (Å²) in [6.07, 6.45) is 11.3. The molecule has 23 heavy (non-hydrogen) atoms. The largest absolute Gasteiger partial charge is 0.550 e. The fourth-order valence-corrected chi connectivity index (χ4v) is 2.18. The quantitative estimate of drug-likeness (QED) is 0.238. The number of rotatable bonds is 12. The van der Waals surface area contributed by atoms with Crippen molar-refractivity contribution < 1.29 is 23.9 Å². The van der Waals surface area contributed by atoms with Gasteiger partial charge in [-0.1, -0.05) is 30.7 Å². The van der Waals surface area contributed by atoms with Crippen LogP contribution in [-0.2, 0) is 14.3 Å².